The largest absolute Gasteiger partial charge is 0.495 e. The topological polar surface area (TPSA) is 38.8 Å². The van der Waals surface area contributed by atoms with Crippen LogP contribution < -0.4 is 9.64 Å². The molecule has 0 bridgehead atoms. The number of hydrogen-bond acceptors (Lipinski definition) is 4. The first-order valence-electron chi connectivity index (χ1n) is 9.43. The molecular formula is C22H19F4NO3. The number of benzene rings is 2. The Balaban J connectivity index is 1.70. The monoisotopic (exact) mass is 421 g/mol. The maximum absolute atomic E-state index is 14.1. The predicted molar refractivity (Wildman–Crippen MR) is 103 cm³/mol. The maximum atomic E-state index is 14.1. The van der Waals surface area contributed by atoms with E-state index in [2.05, 4.69) is 4.90 Å². The number of anilines is 1. The second kappa shape index (κ2) is 7.75. The summed E-state index contributed by atoms with van der Waals surface area (Å²) >= 11 is 0. The van der Waals surface area contributed by atoms with E-state index in [0.717, 1.165) is 23.4 Å². The number of fused-ring (bicyclic) bond motifs is 1. The van der Waals surface area contributed by atoms with Crippen LogP contribution >= 0.6 is 0 Å². The molecule has 0 N–H and O–H groups in total. The van der Waals surface area contributed by atoms with Crippen molar-refractivity contribution in [2.45, 2.75) is 12.6 Å². The van der Waals surface area contributed by atoms with Crippen molar-refractivity contribution >= 4 is 17.5 Å². The molecule has 8 heteroatoms. The van der Waals surface area contributed by atoms with Crippen LogP contribution in [0.4, 0.5) is 23.2 Å². The summed E-state index contributed by atoms with van der Waals surface area (Å²) in [7, 11) is 1.51. The van der Waals surface area contributed by atoms with E-state index in [9.17, 15) is 22.4 Å². The molecule has 4 nitrogen and oxygen atoms in total. The highest BCUT2D eigenvalue weighted by molar-refractivity contribution is 6.16. The quantitative estimate of drug-likeness (QED) is 0.540. The van der Waals surface area contributed by atoms with Gasteiger partial charge in [-0.2, -0.15) is 13.2 Å². The third kappa shape index (κ3) is 3.79. The minimum Gasteiger partial charge on any atom is -0.495 e. The Hall–Kier alpha value is -2.87. The van der Waals surface area contributed by atoms with Gasteiger partial charge in [-0.25, -0.2) is 4.39 Å². The van der Waals surface area contributed by atoms with Crippen LogP contribution in [0.25, 0.3) is 6.08 Å². The molecule has 4 rings (SSSR count). The molecule has 2 aliphatic rings. The highest BCUT2D eigenvalue weighted by Gasteiger charge is 2.32. The van der Waals surface area contributed by atoms with E-state index < -0.39 is 17.6 Å². The molecular weight excluding hydrogens is 402 g/mol. The Labute approximate surface area is 170 Å². The van der Waals surface area contributed by atoms with Gasteiger partial charge in [0.05, 0.1) is 31.6 Å². The maximum Gasteiger partial charge on any atom is 0.416 e. The molecule has 0 atom stereocenters. The number of morpholine rings is 1. The zero-order chi connectivity index (χ0) is 21.5. The molecule has 0 saturated carbocycles. The summed E-state index contributed by atoms with van der Waals surface area (Å²) in [5.41, 5.74) is 1.00. The highest BCUT2D eigenvalue weighted by Crippen LogP contribution is 2.38. The number of rotatable bonds is 3. The lowest BCUT2D eigenvalue weighted by atomic mass is 10.0. The van der Waals surface area contributed by atoms with E-state index in [0.29, 0.717) is 43.7 Å². The Morgan fingerprint density at radius 3 is 2.53 bits per heavy atom. The molecule has 1 aliphatic carbocycles. The number of nitrogens with zero attached hydrogens (tertiary/aromatic N) is 1. The number of hydrogen-bond donors (Lipinski definition) is 0. The zero-order valence-electron chi connectivity index (χ0n) is 16.2. The summed E-state index contributed by atoms with van der Waals surface area (Å²) < 4.78 is 63.9. The molecule has 1 saturated heterocycles. The first kappa shape index (κ1) is 20.4. The van der Waals surface area contributed by atoms with Crippen LogP contribution in [0.2, 0.25) is 0 Å². The van der Waals surface area contributed by atoms with E-state index >= 15 is 0 Å². The standard InChI is InChI=1S/C22H19F4NO3/c1-29-20-12-17-13(11-19(20)27-4-6-30-7-5-27)8-15(21(17)28)9-14-10-16(22(24,25)26)2-3-18(14)23/h2-3,9-12H,4-8H2,1H3/b15-9+. The van der Waals surface area contributed by atoms with Crippen LogP contribution in [-0.2, 0) is 17.3 Å². The van der Waals surface area contributed by atoms with Crippen molar-refractivity contribution < 1.29 is 31.8 Å². The average Bonchev–Trinajstić information content (AvgIpc) is 3.03. The van der Waals surface area contributed by atoms with Crippen LogP contribution in [0.15, 0.2) is 35.9 Å². The molecule has 1 fully saturated rings. The third-order valence-electron chi connectivity index (χ3n) is 5.33. The van der Waals surface area contributed by atoms with Gasteiger partial charge in [-0.1, -0.05) is 0 Å². The fourth-order valence-corrected chi connectivity index (χ4v) is 3.78. The van der Waals surface area contributed by atoms with Crippen LogP contribution in [0, 0.1) is 5.82 Å². The number of allylic oxidation sites excluding steroid dienone is 1. The Bertz CT molecular complexity index is 1020. The number of halogens is 4. The lowest BCUT2D eigenvalue weighted by molar-refractivity contribution is -0.137. The van der Waals surface area contributed by atoms with Crippen molar-refractivity contribution in [1.29, 1.82) is 0 Å². The Morgan fingerprint density at radius 1 is 1.13 bits per heavy atom. The van der Waals surface area contributed by atoms with E-state index in [1.807, 2.05) is 6.07 Å². The van der Waals surface area contributed by atoms with Gasteiger partial charge in [0.25, 0.3) is 0 Å². The smallest absolute Gasteiger partial charge is 0.416 e. The fourth-order valence-electron chi connectivity index (χ4n) is 3.78. The number of ether oxygens (including phenoxy) is 2. The SMILES string of the molecule is COc1cc2c(cc1N1CCOCC1)C/C(=C\c1cc(C(F)(F)F)ccc1F)C2=O. The van der Waals surface area contributed by atoms with Crippen molar-refractivity contribution in [1.82, 2.24) is 0 Å². The van der Waals surface area contributed by atoms with Gasteiger partial charge in [0, 0.05) is 36.2 Å². The van der Waals surface area contributed by atoms with Gasteiger partial charge in [-0.3, -0.25) is 4.79 Å². The molecule has 0 unspecified atom stereocenters. The van der Waals surface area contributed by atoms with Crippen molar-refractivity contribution in [2.24, 2.45) is 0 Å². The normalized spacial score (nSPS) is 18.1. The van der Waals surface area contributed by atoms with Crippen LogP contribution in [0.1, 0.15) is 27.0 Å². The molecule has 1 heterocycles. The van der Waals surface area contributed by atoms with E-state index in [4.69, 9.17) is 9.47 Å². The molecule has 0 radical (unpaired) electrons. The number of ketones is 1. The molecule has 2 aromatic carbocycles. The predicted octanol–water partition coefficient (Wildman–Crippen LogP) is 4.51. The molecule has 2 aromatic rings. The summed E-state index contributed by atoms with van der Waals surface area (Å²) in [6.07, 6.45) is -3.18. The van der Waals surface area contributed by atoms with Gasteiger partial charge in [0.15, 0.2) is 5.78 Å². The van der Waals surface area contributed by atoms with Crippen molar-refractivity contribution in [2.75, 3.05) is 38.3 Å². The molecule has 1 aliphatic heterocycles. The van der Waals surface area contributed by atoms with E-state index in [1.54, 1.807) is 6.07 Å². The second-order valence-corrected chi connectivity index (χ2v) is 7.19. The summed E-state index contributed by atoms with van der Waals surface area (Å²) in [5.74, 6) is -0.616. The van der Waals surface area contributed by atoms with Gasteiger partial charge in [-0.05, 0) is 42.0 Å². The highest BCUT2D eigenvalue weighted by atomic mass is 19.4. The summed E-state index contributed by atoms with van der Waals surface area (Å²) in [5, 5.41) is 0. The minimum atomic E-state index is -4.59. The first-order valence-corrected chi connectivity index (χ1v) is 9.43. The summed E-state index contributed by atoms with van der Waals surface area (Å²) in [6.45, 7) is 2.53. The van der Waals surface area contributed by atoms with Gasteiger partial charge < -0.3 is 14.4 Å². The fraction of sp³-hybridized carbons (Fsp3) is 0.318. The molecule has 158 valence electrons. The lowest BCUT2D eigenvalue weighted by Crippen LogP contribution is -2.36. The van der Waals surface area contributed by atoms with Gasteiger partial charge in [-0.15, -0.1) is 0 Å². The van der Waals surface area contributed by atoms with Crippen LogP contribution in [0.5, 0.6) is 5.75 Å². The van der Waals surface area contributed by atoms with Crippen molar-refractivity contribution in [3.8, 4) is 5.75 Å². The van der Waals surface area contributed by atoms with Crippen LogP contribution in [-0.4, -0.2) is 39.2 Å². The molecule has 0 aromatic heterocycles. The average molecular weight is 421 g/mol. The number of methoxy groups -OCH3 is 1. The van der Waals surface area contributed by atoms with E-state index in [1.165, 1.54) is 13.2 Å². The minimum absolute atomic E-state index is 0.213. The summed E-state index contributed by atoms with van der Waals surface area (Å²) in [4.78, 5) is 14.9. The molecule has 30 heavy (non-hydrogen) atoms. The molecule has 0 amide bonds. The van der Waals surface area contributed by atoms with Gasteiger partial charge in [0.1, 0.15) is 11.6 Å². The van der Waals surface area contributed by atoms with Gasteiger partial charge in [0.2, 0.25) is 0 Å². The van der Waals surface area contributed by atoms with E-state index in [-0.39, 0.29) is 23.3 Å². The number of alkyl halides is 3. The second-order valence-electron chi connectivity index (χ2n) is 7.19. The third-order valence-corrected chi connectivity index (χ3v) is 5.33. The number of carbonyl (C=O) groups is 1. The summed E-state index contributed by atoms with van der Waals surface area (Å²) in [6, 6.07) is 5.67. The van der Waals surface area contributed by atoms with Crippen molar-refractivity contribution in [3.05, 3.63) is 64.0 Å². The number of carbonyl (C=O) groups excluding carboxylic acids is 1. The van der Waals surface area contributed by atoms with Gasteiger partial charge >= 0.3 is 6.18 Å². The lowest BCUT2D eigenvalue weighted by Gasteiger charge is -2.30. The number of Topliss-reactive ketones (excluding diaryl/α,β-unsaturated/α-hetero) is 1. The van der Waals surface area contributed by atoms with Crippen molar-refractivity contribution in [3.63, 3.8) is 0 Å². The Kier molecular flexibility index (Phi) is 5.27. The van der Waals surface area contributed by atoms with Crippen LogP contribution in [0.3, 0.4) is 0 Å². The zero-order valence-corrected chi connectivity index (χ0v) is 16.2. The first-order chi connectivity index (χ1) is 14.3. The molecule has 0 spiro atoms. The Morgan fingerprint density at radius 2 is 1.87 bits per heavy atom.